The van der Waals surface area contributed by atoms with Crippen LogP contribution in [0.4, 0.5) is 0 Å². The number of likely N-dealkylation sites (N-methyl/N-ethyl adjacent to an activating group) is 1. The summed E-state index contributed by atoms with van der Waals surface area (Å²) >= 11 is 3.72. The Labute approximate surface area is 306 Å². The molecule has 0 spiro atoms. The number of phosphoric acid groups is 1. The van der Waals surface area contributed by atoms with Gasteiger partial charge in [0.1, 0.15) is 30.5 Å². The maximum atomic E-state index is 13.3. The molecule has 2 fully saturated rings. The summed E-state index contributed by atoms with van der Waals surface area (Å²) in [4.78, 5) is 85.7. The Morgan fingerprint density at radius 3 is 2.17 bits per heavy atom. The number of H-pyrrole nitrogens is 1. The fourth-order valence-electron chi connectivity index (χ4n) is 5.44. The first-order chi connectivity index (χ1) is 24.4. The number of carbonyl (C=O) groups is 4. The van der Waals surface area contributed by atoms with Crippen LogP contribution in [0, 0.1) is 0 Å². The lowest BCUT2D eigenvalue weighted by Crippen LogP contribution is -2.64. The van der Waals surface area contributed by atoms with Crippen LogP contribution in [0.1, 0.15) is 40.8 Å². The third kappa shape index (κ3) is 11.7. The highest BCUT2D eigenvalue weighted by Gasteiger charge is 2.57. The average Bonchev–Trinajstić information content (AvgIpc) is 3.26. The van der Waals surface area contributed by atoms with E-state index in [0.29, 0.717) is 0 Å². The van der Waals surface area contributed by atoms with Crippen LogP contribution in [0.15, 0.2) is 21.9 Å². The van der Waals surface area contributed by atoms with Gasteiger partial charge in [-0.25, -0.2) is 13.9 Å². The molecule has 1 aromatic rings. The topological polar surface area (TPSA) is 304 Å². The van der Waals surface area contributed by atoms with E-state index in [2.05, 4.69) is 17.2 Å². The maximum absolute atomic E-state index is 13.3. The number of aromatic nitrogens is 2. The van der Waals surface area contributed by atoms with Gasteiger partial charge in [-0.1, -0.05) is 12.2 Å². The Morgan fingerprint density at radius 1 is 1.04 bits per heavy atom. The molecule has 2 saturated heterocycles. The highest BCUT2D eigenvalue weighted by molar-refractivity contribution is 8.45. The van der Waals surface area contributed by atoms with Gasteiger partial charge in [0.05, 0.1) is 12.6 Å². The molecule has 26 heteroatoms. The van der Waals surface area contributed by atoms with Gasteiger partial charge >= 0.3 is 44.2 Å². The molecule has 0 aliphatic carbocycles. The van der Waals surface area contributed by atoms with Crippen molar-refractivity contribution in [3.63, 3.8) is 0 Å². The number of phosphoric ester groups is 1. The number of carbonyl (C=O) groups excluding carboxylic acids is 4. The third-order valence-electron chi connectivity index (χ3n) is 7.61. The van der Waals surface area contributed by atoms with E-state index >= 15 is 0 Å². The van der Waals surface area contributed by atoms with Gasteiger partial charge < -0.3 is 43.5 Å². The van der Waals surface area contributed by atoms with Gasteiger partial charge in [0.25, 0.3) is 5.56 Å². The Hall–Kier alpha value is -2.99. The number of ether oxygens (including phenoxy) is 6. The number of hydrogen-bond acceptors (Lipinski definition) is 20. The minimum Gasteiger partial charge on any atom is -0.462 e. The molecule has 1 aromatic heterocycles. The Balaban J connectivity index is 1.87. The number of aliphatic hydroxyl groups is 2. The van der Waals surface area contributed by atoms with Crippen LogP contribution in [0.25, 0.3) is 0 Å². The summed E-state index contributed by atoms with van der Waals surface area (Å²) in [6, 6.07) is 0.0778. The maximum Gasteiger partial charge on any atom is 0.482 e. The van der Waals surface area contributed by atoms with E-state index in [1.54, 1.807) is 14.1 Å². The molecule has 300 valence electrons. The lowest BCUT2D eigenvalue weighted by Gasteiger charge is -2.44. The van der Waals surface area contributed by atoms with E-state index in [1.165, 1.54) is 11.8 Å². The summed E-state index contributed by atoms with van der Waals surface area (Å²) in [7, 11) is -2.63. The zero-order chi connectivity index (χ0) is 40.2. The number of hydrogen-bond donors (Lipinski definition) is 5. The fraction of sp³-hybridized carbons (Fsp3) is 0.704. The van der Waals surface area contributed by atoms with Gasteiger partial charge in [-0.2, -0.15) is 4.31 Å². The van der Waals surface area contributed by atoms with Gasteiger partial charge in [-0.3, -0.25) is 47.5 Å². The third-order valence-corrected chi connectivity index (χ3v) is 11.2. The van der Waals surface area contributed by atoms with Crippen molar-refractivity contribution in [2.24, 2.45) is 0 Å². The predicted octanol–water partition coefficient (Wildman–Crippen LogP) is -1.25. The van der Waals surface area contributed by atoms with Crippen molar-refractivity contribution in [3.8, 4) is 0 Å². The van der Waals surface area contributed by atoms with Crippen LogP contribution in [-0.4, -0.2) is 135 Å². The molecule has 3 heterocycles. The molecule has 0 aromatic carbocycles. The van der Waals surface area contributed by atoms with Crippen molar-refractivity contribution >= 4 is 50.7 Å². The zero-order valence-corrected chi connectivity index (χ0v) is 32.0. The Morgan fingerprint density at radius 2 is 1.64 bits per heavy atom. The Bertz CT molecular complexity index is 1740. The number of nitrogens with zero attached hydrogens (tertiary/aromatic N) is 2. The molecule has 7 unspecified atom stereocenters. The van der Waals surface area contributed by atoms with E-state index < -0.39 is 124 Å². The van der Waals surface area contributed by atoms with E-state index in [1.807, 2.05) is 0 Å². The minimum atomic E-state index is -5.73. The average molecular weight is 822 g/mol. The van der Waals surface area contributed by atoms with Crippen molar-refractivity contribution in [1.82, 2.24) is 14.5 Å². The molecule has 2 aliphatic heterocycles. The molecule has 4 N–H and O–H groups in total. The van der Waals surface area contributed by atoms with E-state index in [9.17, 15) is 53.0 Å². The quantitative estimate of drug-likeness (QED) is 0.0597. The summed E-state index contributed by atoms with van der Waals surface area (Å²) in [5.74, 6) is -3.93. The van der Waals surface area contributed by atoms with Gasteiger partial charge in [0, 0.05) is 40.0 Å². The largest absolute Gasteiger partial charge is 0.482 e. The van der Waals surface area contributed by atoms with E-state index in [4.69, 9.17) is 41.8 Å². The van der Waals surface area contributed by atoms with Crippen LogP contribution in [0.3, 0.4) is 0 Å². The fourth-order valence-corrected chi connectivity index (χ4v) is 8.68. The summed E-state index contributed by atoms with van der Waals surface area (Å²) in [5.41, 5.74) is -3.37. The van der Waals surface area contributed by atoms with Crippen LogP contribution in [-0.2, 0) is 70.1 Å². The first-order valence-electron chi connectivity index (χ1n) is 15.4. The van der Waals surface area contributed by atoms with Crippen molar-refractivity contribution in [3.05, 3.63) is 33.1 Å². The van der Waals surface area contributed by atoms with Crippen molar-refractivity contribution in [2.75, 3.05) is 27.3 Å². The molecular formula is C27H41N3O20P2S. The van der Waals surface area contributed by atoms with Crippen LogP contribution < -0.4 is 11.2 Å². The molecule has 53 heavy (non-hydrogen) atoms. The summed E-state index contributed by atoms with van der Waals surface area (Å²) in [6.45, 7) is -1.54. The molecule has 12 atom stereocenters. The highest BCUT2D eigenvalue weighted by atomic mass is 32.7. The molecule has 23 nitrogen and oxygen atoms in total. The predicted molar refractivity (Wildman–Crippen MR) is 176 cm³/mol. The van der Waals surface area contributed by atoms with Crippen molar-refractivity contribution in [2.45, 2.75) is 95.4 Å². The van der Waals surface area contributed by atoms with E-state index in [0.717, 1.165) is 44.5 Å². The van der Waals surface area contributed by atoms with Gasteiger partial charge in [-0.15, -0.1) is 0 Å². The highest BCUT2D eigenvalue weighted by Crippen LogP contribution is 2.66. The molecule has 3 rings (SSSR count). The summed E-state index contributed by atoms with van der Waals surface area (Å²) < 4.78 is 74.2. The zero-order valence-electron chi connectivity index (χ0n) is 29.3. The number of aliphatic hydroxyl groups excluding tert-OH is 2. The monoisotopic (exact) mass is 821 g/mol. The lowest BCUT2D eigenvalue weighted by molar-refractivity contribution is -0.299. The van der Waals surface area contributed by atoms with Crippen molar-refractivity contribution < 1.29 is 85.2 Å². The van der Waals surface area contributed by atoms with Gasteiger partial charge in [0.15, 0.2) is 24.5 Å². The molecule has 0 bridgehead atoms. The lowest BCUT2D eigenvalue weighted by atomic mass is 9.95. The number of nitrogens with one attached hydrogen (secondary N) is 1. The second-order valence-electron chi connectivity index (χ2n) is 12.2. The van der Waals surface area contributed by atoms with Gasteiger partial charge in [-0.05, 0) is 21.0 Å². The number of thiol groups is 1. The molecular weight excluding hydrogens is 780 g/mol. The molecule has 2 aliphatic rings. The first kappa shape index (κ1) is 44.4. The van der Waals surface area contributed by atoms with Crippen LogP contribution in [0.5, 0.6) is 0 Å². The molecule has 0 saturated carbocycles. The van der Waals surface area contributed by atoms with Crippen LogP contribution >= 0.6 is 26.9 Å². The SMILES string of the molecule is CC(=O)OC[C@H](OC(C)=O)C1OC(OP(=O)(O)OP(=O)(S)OC[C@@]2(C)O[C@@H](n3ccc(=O)[nH]c3=O)[C@H](N(C)C)[C@@H]2O)C(OC(C)=O)C(O)C1OC(C)=O. The first-order valence-corrected chi connectivity index (χ1v) is 19.6. The molecule has 0 amide bonds. The molecule has 0 radical (unpaired) electrons. The van der Waals surface area contributed by atoms with E-state index in [-0.39, 0.29) is 0 Å². The normalized spacial score (nSPS) is 31.5. The standard InChI is InChI=1S/C27H41N3O20P2S/c1-12(31)42-10-16(44-13(2)32)20-21(45-14(3)33)19(36)22(46-15(4)34)25(47-20)49-51(39,40)50-52(41,53)43-11-27(5)23(37)18(29(6)7)24(48-27)30-9-8-17(35)28-26(30)38/h8-9,16,18-25,36-37H,10-11H2,1-7H3,(H,39,40)(H,41,53)(H,28,35,38)/t16-,18+,19?,20?,21?,22?,23-,24+,25?,27+,52?/m0/s1. The number of rotatable bonds is 15. The van der Waals surface area contributed by atoms with Crippen molar-refractivity contribution in [1.29, 1.82) is 0 Å². The Kier molecular flexibility index (Phi) is 14.8. The second kappa shape index (κ2) is 17.6. The summed E-state index contributed by atoms with van der Waals surface area (Å²) in [6.07, 6.45) is -13.5. The number of aromatic amines is 1. The van der Waals surface area contributed by atoms with Gasteiger partial charge in [0.2, 0.25) is 6.29 Å². The summed E-state index contributed by atoms with van der Waals surface area (Å²) in [5, 5.41) is 22.4. The smallest absolute Gasteiger partial charge is 0.462 e. The second-order valence-corrected chi connectivity index (χ2v) is 16.7. The van der Waals surface area contributed by atoms with Crippen LogP contribution in [0.2, 0.25) is 0 Å². The number of esters is 4. The minimum absolute atomic E-state index is 0.695.